The standard InChI is InChI=1S/C23H20ClN5O/c24-18-6-5-17-12-28-22(25)20(21(17)11-18)7-4-15-2-1-3-16(10-15)23(30)27-9-8-19-13-26-14-29-19/h1-3,5-6,10-11,13-14,28H,8-9,12,25H2,(H,26,29)(H,27,30). The Morgan fingerprint density at radius 2 is 2.13 bits per heavy atom. The van der Waals surface area contributed by atoms with E-state index in [-0.39, 0.29) is 5.91 Å². The van der Waals surface area contributed by atoms with Crippen LogP contribution in [0.5, 0.6) is 0 Å². The predicted molar refractivity (Wildman–Crippen MR) is 117 cm³/mol. The van der Waals surface area contributed by atoms with E-state index in [1.165, 1.54) is 0 Å². The molecule has 2 aromatic carbocycles. The molecule has 0 saturated carbocycles. The molecule has 0 saturated heterocycles. The van der Waals surface area contributed by atoms with E-state index in [0.717, 1.165) is 22.4 Å². The van der Waals surface area contributed by atoms with Crippen LogP contribution in [0.25, 0.3) is 5.57 Å². The van der Waals surface area contributed by atoms with E-state index < -0.39 is 0 Å². The molecule has 1 aliphatic heterocycles. The van der Waals surface area contributed by atoms with Crippen LogP contribution in [-0.4, -0.2) is 22.4 Å². The van der Waals surface area contributed by atoms with Crippen molar-refractivity contribution >= 4 is 23.1 Å². The first-order chi connectivity index (χ1) is 14.6. The molecule has 0 unspecified atom stereocenters. The zero-order valence-electron chi connectivity index (χ0n) is 16.1. The van der Waals surface area contributed by atoms with Gasteiger partial charge in [0, 0.05) is 53.1 Å². The van der Waals surface area contributed by atoms with Gasteiger partial charge in [-0.15, -0.1) is 0 Å². The summed E-state index contributed by atoms with van der Waals surface area (Å²) in [7, 11) is 0. The van der Waals surface area contributed by atoms with Crippen LogP contribution in [-0.2, 0) is 13.0 Å². The third kappa shape index (κ3) is 4.48. The molecular weight excluding hydrogens is 398 g/mol. The number of benzene rings is 2. The lowest BCUT2D eigenvalue weighted by atomic mass is 9.96. The number of H-pyrrole nitrogens is 1. The second-order valence-electron chi connectivity index (χ2n) is 6.86. The Bertz CT molecular complexity index is 1170. The largest absolute Gasteiger partial charge is 0.384 e. The second-order valence-corrected chi connectivity index (χ2v) is 7.29. The molecule has 4 rings (SSSR count). The number of halogens is 1. The van der Waals surface area contributed by atoms with E-state index in [0.29, 0.717) is 41.5 Å². The summed E-state index contributed by atoms with van der Waals surface area (Å²) >= 11 is 6.15. The van der Waals surface area contributed by atoms with Crippen LogP contribution in [0.2, 0.25) is 5.02 Å². The molecule has 3 aromatic rings. The third-order valence-electron chi connectivity index (χ3n) is 4.77. The van der Waals surface area contributed by atoms with Crippen molar-refractivity contribution in [3.8, 4) is 11.8 Å². The number of nitrogens with one attached hydrogen (secondary N) is 3. The molecule has 0 bridgehead atoms. The van der Waals surface area contributed by atoms with Gasteiger partial charge in [0.2, 0.25) is 0 Å². The van der Waals surface area contributed by atoms with Crippen molar-refractivity contribution < 1.29 is 4.79 Å². The highest BCUT2D eigenvalue weighted by atomic mass is 35.5. The first-order valence-electron chi connectivity index (χ1n) is 9.50. The van der Waals surface area contributed by atoms with Gasteiger partial charge in [-0.05, 0) is 35.9 Å². The first kappa shape index (κ1) is 19.6. The summed E-state index contributed by atoms with van der Waals surface area (Å²) in [5, 5.41) is 6.69. The summed E-state index contributed by atoms with van der Waals surface area (Å²) in [6.45, 7) is 1.15. The summed E-state index contributed by atoms with van der Waals surface area (Å²) in [4.78, 5) is 19.4. The van der Waals surface area contributed by atoms with E-state index in [1.54, 1.807) is 24.7 Å². The Labute approximate surface area is 179 Å². The van der Waals surface area contributed by atoms with Crippen molar-refractivity contribution in [3.63, 3.8) is 0 Å². The molecule has 1 aliphatic rings. The molecule has 150 valence electrons. The fourth-order valence-corrected chi connectivity index (χ4v) is 3.37. The molecule has 1 aromatic heterocycles. The van der Waals surface area contributed by atoms with Crippen LogP contribution >= 0.6 is 11.6 Å². The number of imidazole rings is 1. The number of fused-ring (bicyclic) bond motifs is 1. The molecule has 5 N–H and O–H groups in total. The molecule has 0 aliphatic carbocycles. The van der Waals surface area contributed by atoms with Gasteiger partial charge in [0.25, 0.3) is 5.91 Å². The number of nitrogens with zero attached hydrogens (tertiary/aromatic N) is 1. The Hall–Kier alpha value is -3.69. The molecule has 0 fully saturated rings. The topological polar surface area (TPSA) is 95.8 Å². The lowest BCUT2D eigenvalue weighted by Crippen LogP contribution is -2.26. The van der Waals surface area contributed by atoms with E-state index >= 15 is 0 Å². The molecule has 1 amide bonds. The van der Waals surface area contributed by atoms with Crippen molar-refractivity contribution in [1.82, 2.24) is 20.6 Å². The van der Waals surface area contributed by atoms with Gasteiger partial charge in [0.05, 0.1) is 11.9 Å². The molecule has 6 nitrogen and oxygen atoms in total. The van der Waals surface area contributed by atoms with E-state index in [4.69, 9.17) is 17.3 Å². The minimum atomic E-state index is -0.145. The number of amides is 1. The number of hydrogen-bond donors (Lipinski definition) is 4. The zero-order chi connectivity index (χ0) is 20.9. The van der Waals surface area contributed by atoms with Crippen LogP contribution < -0.4 is 16.4 Å². The minimum Gasteiger partial charge on any atom is -0.384 e. The van der Waals surface area contributed by atoms with Crippen LogP contribution in [0.4, 0.5) is 0 Å². The maximum Gasteiger partial charge on any atom is 0.251 e. The molecule has 0 spiro atoms. The fourth-order valence-electron chi connectivity index (χ4n) is 3.20. The van der Waals surface area contributed by atoms with Gasteiger partial charge in [0.15, 0.2) is 0 Å². The van der Waals surface area contributed by atoms with E-state index in [9.17, 15) is 4.79 Å². The Balaban J connectivity index is 1.50. The van der Waals surface area contributed by atoms with Crippen molar-refractivity contribution in [2.45, 2.75) is 13.0 Å². The highest BCUT2D eigenvalue weighted by Gasteiger charge is 2.16. The minimum absolute atomic E-state index is 0.145. The SMILES string of the molecule is NC1=C(C#Cc2cccc(C(=O)NCCc3cnc[nH]3)c2)c2cc(Cl)ccc2CN1. The Morgan fingerprint density at radius 1 is 1.23 bits per heavy atom. The molecule has 0 atom stereocenters. The summed E-state index contributed by atoms with van der Waals surface area (Å²) in [6.07, 6.45) is 4.05. The lowest BCUT2D eigenvalue weighted by molar-refractivity contribution is 0.0954. The van der Waals surface area contributed by atoms with Crippen LogP contribution in [0.3, 0.4) is 0 Å². The number of aromatic nitrogens is 2. The fraction of sp³-hybridized carbons (Fsp3) is 0.130. The summed E-state index contributed by atoms with van der Waals surface area (Å²) in [5.74, 6) is 6.63. The van der Waals surface area contributed by atoms with Gasteiger partial charge in [-0.2, -0.15) is 0 Å². The van der Waals surface area contributed by atoms with Crippen molar-refractivity contribution in [2.75, 3.05) is 6.54 Å². The summed E-state index contributed by atoms with van der Waals surface area (Å²) in [5.41, 5.74) is 11.1. The Morgan fingerprint density at radius 3 is 2.97 bits per heavy atom. The number of aromatic amines is 1. The van der Waals surface area contributed by atoms with Gasteiger partial charge in [-0.25, -0.2) is 4.98 Å². The average molecular weight is 418 g/mol. The van der Waals surface area contributed by atoms with Gasteiger partial charge < -0.3 is 21.4 Å². The first-order valence-corrected chi connectivity index (χ1v) is 9.88. The van der Waals surface area contributed by atoms with Crippen LogP contribution in [0.1, 0.15) is 32.7 Å². The van der Waals surface area contributed by atoms with Gasteiger partial charge in [0.1, 0.15) is 5.82 Å². The average Bonchev–Trinajstić information content (AvgIpc) is 3.27. The zero-order valence-corrected chi connectivity index (χ0v) is 16.9. The smallest absolute Gasteiger partial charge is 0.251 e. The van der Waals surface area contributed by atoms with Gasteiger partial charge >= 0.3 is 0 Å². The van der Waals surface area contributed by atoms with Crippen molar-refractivity contribution in [2.24, 2.45) is 5.73 Å². The van der Waals surface area contributed by atoms with E-state index in [2.05, 4.69) is 32.4 Å². The van der Waals surface area contributed by atoms with Crippen LogP contribution in [0.15, 0.2) is 60.8 Å². The molecule has 2 heterocycles. The summed E-state index contributed by atoms with van der Waals surface area (Å²) in [6, 6.07) is 12.9. The van der Waals surface area contributed by atoms with E-state index in [1.807, 2.05) is 30.3 Å². The normalized spacial score (nSPS) is 12.4. The lowest BCUT2D eigenvalue weighted by Gasteiger charge is -2.19. The predicted octanol–water partition coefficient (Wildman–Crippen LogP) is 2.82. The molecule has 7 heteroatoms. The summed E-state index contributed by atoms with van der Waals surface area (Å²) < 4.78 is 0. The maximum atomic E-state index is 12.4. The highest BCUT2D eigenvalue weighted by molar-refractivity contribution is 6.30. The maximum absolute atomic E-state index is 12.4. The second kappa shape index (κ2) is 8.76. The van der Waals surface area contributed by atoms with Crippen molar-refractivity contribution in [3.05, 3.63) is 93.8 Å². The number of rotatable bonds is 4. The number of carbonyl (C=O) groups excluding carboxylic acids is 1. The molecular formula is C23H20ClN5O. The van der Waals surface area contributed by atoms with Crippen molar-refractivity contribution in [1.29, 1.82) is 0 Å². The Kier molecular flexibility index (Phi) is 5.73. The third-order valence-corrected chi connectivity index (χ3v) is 5.01. The number of nitrogens with two attached hydrogens (primary N) is 1. The number of hydrogen-bond acceptors (Lipinski definition) is 4. The quantitative estimate of drug-likeness (QED) is 0.491. The van der Waals surface area contributed by atoms with Gasteiger partial charge in [-0.1, -0.05) is 35.6 Å². The molecule has 0 radical (unpaired) electrons. The van der Waals surface area contributed by atoms with Crippen LogP contribution in [0, 0.1) is 11.8 Å². The van der Waals surface area contributed by atoms with Gasteiger partial charge in [-0.3, -0.25) is 4.79 Å². The number of allylic oxidation sites excluding steroid dienone is 1. The monoisotopic (exact) mass is 417 g/mol. The molecule has 30 heavy (non-hydrogen) atoms. The number of carbonyl (C=O) groups is 1. The highest BCUT2D eigenvalue weighted by Crippen LogP contribution is 2.27.